The molecule has 242 valence electrons. The van der Waals surface area contributed by atoms with Gasteiger partial charge in [-0.05, 0) is 27.2 Å². The van der Waals surface area contributed by atoms with E-state index in [1.54, 1.807) is 0 Å². The summed E-state index contributed by atoms with van der Waals surface area (Å²) in [5.74, 6) is -64.8. The smallest absolute Gasteiger partial charge is 0.460 e. The molecule has 1 atom stereocenters. The molecule has 0 aliphatic carbocycles. The highest BCUT2D eigenvalue weighted by molar-refractivity contribution is 5.81. The minimum atomic E-state index is -8.77. The fraction of sp³-hybridized carbons (Fsp3) is 0.800. The first-order valence-electron chi connectivity index (χ1n) is 10.4. The van der Waals surface area contributed by atoms with Gasteiger partial charge in [0, 0.05) is 12.5 Å². The topological polar surface area (TPSA) is 52.6 Å². The Morgan fingerprint density at radius 3 is 1.37 bits per heavy atom. The third-order valence-corrected chi connectivity index (χ3v) is 4.97. The maximum Gasteiger partial charge on any atom is 0.460 e. The van der Waals surface area contributed by atoms with Crippen LogP contribution in [0, 0.1) is 5.92 Å². The predicted molar refractivity (Wildman–Crippen MR) is 100 cm³/mol. The average Bonchev–Trinajstić information content (AvgIpc) is 2.75. The lowest BCUT2D eigenvalue weighted by Crippen LogP contribution is -2.75. The molecule has 41 heavy (non-hydrogen) atoms. The van der Waals surface area contributed by atoms with Gasteiger partial charge >= 0.3 is 59.6 Å². The average molecular weight is 646 g/mol. The van der Waals surface area contributed by atoms with Gasteiger partial charge in [0.2, 0.25) is 0 Å². The van der Waals surface area contributed by atoms with E-state index in [9.17, 15) is 84.2 Å². The Morgan fingerprint density at radius 1 is 0.659 bits per heavy atom. The molecule has 0 aliphatic heterocycles. The van der Waals surface area contributed by atoms with Gasteiger partial charge in [-0.15, -0.1) is 0 Å². The van der Waals surface area contributed by atoms with Crippen molar-refractivity contribution < 1.29 is 93.7 Å². The Bertz CT molecular complexity index is 964. The lowest BCUT2D eigenvalue weighted by Gasteiger charge is -2.44. The van der Waals surface area contributed by atoms with Crippen LogP contribution in [-0.2, 0) is 19.1 Å². The number of ether oxygens (including phenoxy) is 2. The lowest BCUT2D eigenvalue weighted by molar-refractivity contribution is -0.463. The van der Waals surface area contributed by atoms with Crippen LogP contribution >= 0.6 is 0 Å². The number of hydrogen-bond acceptors (Lipinski definition) is 4. The van der Waals surface area contributed by atoms with Crippen molar-refractivity contribution in [2.75, 3.05) is 6.61 Å². The van der Waals surface area contributed by atoms with Crippen molar-refractivity contribution in [2.24, 2.45) is 5.92 Å². The molecule has 0 aromatic rings. The minimum Gasteiger partial charge on any atom is -0.462 e. The molecule has 0 rings (SSSR count). The maximum absolute atomic E-state index is 14.6. The Kier molecular flexibility index (Phi) is 10.6. The van der Waals surface area contributed by atoms with E-state index in [0.29, 0.717) is 0 Å². The molecule has 0 aliphatic rings. The molecule has 0 saturated heterocycles. The van der Waals surface area contributed by atoms with Gasteiger partial charge in [0.25, 0.3) is 0 Å². The van der Waals surface area contributed by atoms with E-state index in [0.717, 1.165) is 0 Å². The standard InChI is InChI=1S/C20H19F17O4/c1-5-10(38)40-8-9(6-7-11(39)41-12(2,3)4)13(21,22)14(23,24)15(25,26)16(27,28)17(29,30)18(31,32)19(33,34)20(35,36)37/h5,9H,1,6-8H2,2-4H3. The van der Waals surface area contributed by atoms with Crippen molar-refractivity contribution in [1.82, 2.24) is 0 Å². The van der Waals surface area contributed by atoms with Crippen LogP contribution in [0.15, 0.2) is 12.7 Å². The summed E-state index contributed by atoms with van der Waals surface area (Å²) >= 11 is 0. The fourth-order valence-corrected chi connectivity index (χ4v) is 2.73. The Morgan fingerprint density at radius 2 is 1.02 bits per heavy atom. The van der Waals surface area contributed by atoms with Crippen LogP contribution < -0.4 is 0 Å². The van der Waals surface area contributed by atoms with Crippen LogP contribution in [0.3, 0.4) is 0 Å². The van der Waals surface area contributed by atoms with Gasteiger partial charge in [-0.25, -0.2) is 4.79 Å². The molecule has 0 aromatic carbocycles. The zero-order chi connectivity index (χ0) is 33.5. The Hall–Kier alpha value is -2.51. The zero-order valence-corrected chi connectivity index (χ0v) is 20.5. The van der Waals surface area contributed by atoms with Crippen LogP contribution in [0.25, 0.3) is 0 Å². The van der Waals surface area contributed by atoms with E-state index in [2.05, 4.69) is 16.1 Å². The molecule has 0 spiro atoms. The maximum atomic E-state index is 14.6. The quantitative estimate of drug-likeness (QED) is 0.119. The summed E-state index contributed by atoms with van der Waals surface area (Å²) in [4.78, 5) is 22.8. The normalized spacial score (nSPS) is 15.8. The van der Waals surface area contributed by atoms with E-state index in [4.69, 9.17) is 0 Å². The van der Waals surface area contributed by atoms with E-state index in [1.807, 2.05) is 0 Å². The molecule has 0 bridgehead atoms. The van der Waals surface area contributed by atoms with Crippen LogP contribution in [0.5, 0.6) is 0 Å². The van der Waals surface area contributed by atoms with E-state index in [-0.39, 0.29) is 6.08 Å². The molecule has 0 fully saturated rings. The molecule has 0 aromatic heterocycles. The first-order valence-corrected chi connectivity index (χ1v) is 10.4. The minimum absolute atomic E-state index is 0.160. The van der Waals surface area contributed by atoms with Crippen molar-refractivity contribution in [3.05, 3.63) is 12.7 Å². The van der Waals surface area contributed by atoms with Crippen LogP contribution in [0.2, 0.25) is 0 Å². The number of hydrogen-bond donors (Lipinski definition) is 0. The molecule has 21 heteroatoms. The summed E-state index contributed by atoms with van der Waals surface area (Å²) in [6, 6.07) is 0. The number of esters is 2. The van der Waals surface area contributed by atoms with Crippen LogP contribution in [-0.4, -0.2) is 71.8 Å². The third-order valence-electron chi connectivity index (χ3n) is 4.97. The summed E-state index contributed by atoms with van der Waals surface area (Å²) in [6.07, 6.45) is -11.0. The monoisotopic (exact) mass is 646 g/mol. The van der Waals surface area contributed by atoms with Crippen molar-refractivity contribution in [2.45, 2.75) is 86.8 Å². The van der Waals surface area contributed by atoms with Gasteiger partial charge in [-0.3, -0.25) is 4.79 Å². The Labute approximate surface area is 218 Å². The highest BCUT2D eigenvalue weighted by Gasteiger charge is 2.95. The van der Waals surface area contributed by atoms with Crippen molar-refractivity contribution in [3.63, 3.8) is 0 Å². The second kappa shape index (κ2) is 11.3. The van der Waals surface area contributed by atoms with E-state index >= 15 is 0 Å². The van der Waals surface area contributed by atoms with E-state index < -0.39 is 90.5 Å². The summed E-state index contributed by atoms with van der Waals surface area (Å²) in [5, 5.41) is 0. The highest BCUT2D eigenvalue weighted by atomic mass is 19.4. The predicted octanol–water partition coefficient (Wildman–Crippen LogP) is 7.46. The summed E-state index contributed by atoms with van der Waals surface area (Å²) < 4.78 is 239. The molecular weight excluding hydrogens is 627 g/mol. The highest BCUT2D eigenvalue weighted by Crippen LogP contribution is 2.64. The second-order valence-corrected chi connectivity index (χ2v) is 9.22. The third kappa shape index (κ3) is 6.77. The van der Waals surface area contributed by atoms with Crippen molar-refractivity contribution in [3.8, 4) is 0 Å². The van der Waals surface area contributed by atoms with Gasteiger partial charge in [-0.2, -0.15) is 74.6 Å². The zero-order valence-electron chi connectivity index (χ0n) is 20.5. The van der Waals surface area contributed by atoms with Crippen molar-refractivity contribution in [1.29, 1.82) is 0 Å². The molecule has 0 saturated carbocycles. The molecular formula is C20H19F17O4. The largest absolute Gasteiger partial charge is 0.462 e. The summed E-state index contributed by atoms with van der Waals surface area (Å²) in [7, 11) is 0. The molecule has 0 heterocycles. The van der Waals surface area contributed by atoms with E-state index in [1.165, 1.54) is 20.8 Å². The first-order chi connectivity index (χ1) is 17.7. The van der Waals surface area contributed by atoms with Gasteiger partial charge < -0.3 is 9.47 Å². The fourth-order valence-electron chi connectivity index (χ4n) is 2.73. The SMILES string of the molecule is C=CC(=O)OCC(CCC(=O)OC(C)(C)C)C(F)(F)C(F)(F)C(F)(F)C(F)(F)C(F)(F)C(F)(F)C(F)(F)C(F)(F)F. The lowest BCUT2D eigenvalue weighted by atomic mass is 9.84. The number of carbonyl (C=O) groups excluding carboxylic acids is 2. The van der Waals surface area contributed by atoms with Gasteiger partial charge in [0.15, 0.2) is 0 Å². The number of rotatable bonds is 13. The van der Waals surface area contributed by atoms with Gasteiger partial charge in [0.1, 0.15) is 12.2 Å². The molecule has 0 radical (unpaired) electrons. The first kappa shape index (κ1) is 38.5. The number of alkyl halides is 17. The van der Waals surface area contributed by atoms with Gasteiger partial charge in [0.05, 0.1) is 5.92 Å². The van der Waals surface area contributed by atoms with Gasteiger partial charge in [-0.1, -0.05) is 6.58 Å². The number of carbonyl (C=O) groups is 2. The van der Waals surface area contributed by atoms with Crippen LogP contribution in [0.1, 0.15) is 33.6 Å². The molecule has 4 nitrogen and oxygen atoms in total. The summed E-state index contributed by atoms with van der Waals surface area (Å²) in [5.41, 5.74) is -1.39. The molecule has 0 N–H and O–H groups in total. The molecule has 0 amide bonds. The van der Waals surface area contributed by atoms with Crippen molar-refractivity contribution >= 4 is 11.9 Å². The second-order valence-electron chi connectivity index (χ2n) is 9.22. The Balaban J connectivity index is 6.83. The van der Waals surface area contributed by atoms with Crippen LogP contribution in [0.4, 0.5) is 74.6 Å². The summed E-state index contributed by atoms with van der Waals surface area (Å²) in [6.45, 7) is 4.07. The molecule has 1 unspecified atom stereocenters. The number of halogens is 17.